The van der Waals surface area contributed by atoms with Gasteiger partial charge in [-0.2, -0.15) is 5.10 Å². The molecule has 0 atom stereocenters. The number of amides is 1. The molecule has 1 aliphatic rings. The van der Waals surface area contributed by atoms with Gasteiger partial charge in [-0.1, -0.05) is 18.9 Å². The van der Waals surface area contributed by atoms with E-state index in [-0.39, 0.29) is 12.3 Å². The van der Waals surface area contributed by atoms with Gasteiger partial charge in [-0.3, -0.25) is 9.48 Å². The predicted octanol–water partition coefficient (Wildman–Crippen LogP) is 2.30. The van der Waals surface area contributed by atoms with Gasteiger partial charge < -0.3 is 9.64 Å². The Balaban J connectivity index is 1.47. The zero-order chi connectivity index (χ0) is 17.6. The van der Waals surface area contributed by atoms with Crippen LogP contribution in [0.1, 0.15) is 24.8 Å². The molecule has 0 saturated heterocycles. The molecule has 1 aliphatic carbocycles. The summed E-state index contributed by atoms with van der Waals surface area (Å²) < 4.78 is 21.4. The van der Waals surface area contributed by atoms with E-state index < -0.39 is 5.82 Å². The fraction of sp³-hybridized carbons (Fsp3) is 0.500. The Morgan fingerprint density at radius 2 is 2.28 bits per heavy atom. The first-order valence-electron chi connectivity index (χ1n) is 8.59. The third-order valence-electron chi connectivity index (χ3n) is 4.41. The Bertz CT molecular complexity index is 701. The van der Waals surface area contributed by atoms with Crippen molar-refractivity contribution in [1.29, 1.82) is 0 Å². The highest BCUT2D eigenvalue weighted by Gasteiger charge is 2.20. The summed E-state index contributed by atoms with van der Waals surface area (Å²) in [5, 5.41) is 3.99. The lowest BCUT2D eigenvalue weighted by atomic mass is 10.1. The Hall–Kier alpha value is -2.44. The van der Waals surface area contributed by atoms with Gasteiger partial charge in [0.15, 0.2) is 0 Å². The molecule has 1 fully saturated rings. The molecule has 0 N–H and O–H groups in total. The molecule has 0 aliphatic heterocycles. The maximum Gasteiger partial charge on any atom is 0.226 e. The zero-order valence-corrected chi connectivity index (χ0v) is 14.4. The van der Waals surface area contributed by atoms with Crippen LogP contribution in [0.15, 0.2) is 30.9 Å². The van der Waals surface area contributed by atoms with Crippen molar-refractivity contribution >= 4 is 5.91 Å². The molecule has 7 heteroatoms. The highest BCUT2D eigenvalue weighted by Crippen LogP contribution is 2.32. The van der Waals surface area contributed by atoms with Crippen LogP contribution in [-0.4, -0.2) is 45.8 Å². The van der Waals surface area contributed by atoms with Gasteiger partial charge in [0.1, 0.15) is 24.2 Å². The average molecular weight is 346 g/mol. The largest absolute Gasteiger partial charge is 0.493 e. The van der Waals surface area contributed by atoms with Crippen molar-refractivity contribution in [2.75, 3.05) is 20.2 Å². The predicted molar refractivity (Wildman–Crippen MR) is 90.6 cm³/mol. The van der Waals surface area contributed by atoms with Crippen molar-refractivity contribution in [3.63, 3.8) is 0 Å². The lowest BCUT2D eigenvalue weighted by molar-refractivity contribution is -0.129. The molecular formula is C18H23FN4O2. The molecule has 2 aromatic rings. The molecule has 1 aromatic heterocycles. The number of halogens is 1. The normalized spacial score (nSPS) is 13.7. The monoisotopic (exact) mass is 346 g/mol. The zero-order valence-electron chi connectivity index (χ0n) is 14.4. The van der Waals surface area contributed by atoms with Crippen LogP contribution >= 0.6 is 0 Å². The molecular weight excluding hydrogens is 323 g/mol. The molecule has 1 aromatic carbocycles. The highest BCUT2D eigenvalue weighted by molar-refractivity contribution is 5.78. The van der Waals surface area contributed by atoms with Crippen molar-refractivity contribution in [2.24, 2.45) is 5.92 Å². The lowest BCUT2D eigenvalue weighted by Crippen LogP contribution is -2.31. The second-order valence-corrected chi connectivity index (χ2v) is 6.48. The van der Waals surface area contributed by atoms with E-state index in [0.717, 1.165) is 12.3 Å². The van der Waals surface area contributed by atoms with E-state index in [0.29, 0.717) is 31.0 Å². The number of aromatic nitrogens is 3. The Kier molecular flexibility index (Phi) is 5.63. The first kappa shape index (κ1) is 17.4. The van der Waals surface area contributed by atoms with Gasteiger partial charge in [-0.15, -0.1) is 0 Å². The molecule has 6 nitrogen and oxygen atoms in total. The fourth-order valence-corrected chi connectivity index (χ4v) is 2.53. The molecule has 0 spiro atoms. The molecule has 25 heavy (non-hydrogen) atoms. The summed E-state index contributed by atoms with van der Waals surface area (Å²) in [6.45, 7) is 1.66. The molecule has 0 radical (unpaired) electrons. The van der Waals surface area contributed by atoms with E-state index in [2.05, 4.69) is 10.1 Å². The van der Waals surface area contributed by atoms with Crippen LogP contribution in [0.25, 0.3) is 0 Å². The summed E-state index contributed by atoms with van der Waals surface area (Å²) in [6, 6.07) is 4.73. The summed E-state index contributed by atoms with van der Waals surface area (Å²) in [6.07, 6.45) is 6.66. The van der Waals surface area contributed by atoms with E-state index in [9.17, 15) is 9.18 Å². The van der Waals surface area contributed by atoms with Crippen molar-refractivity contribution in [3.8, 4) is 5.75 Å². The van der Waals surface area contributed by atoms with Crippen molar-refractivity contribution in [2.45, 2.75) is 32.2 Å². The first-order chi connectivity index (χ1) is 12.1. The van der Waals surface area contributed by atoms with Gasteiger partial charge in [0.05, 0.1) is 19.6 Å². The third-order valence-corrected chi connectivity index (χ3v) is 4.41. The second kappa shape index (κ2) is 8.09. The SMILES string of the molecule is CN(CCn1cncn1)C(=O)Cc1ccc(OCCC2CC2)cc1F. The smallest absolute Gasteiger partial charge is 0.226 e. The standard InChI is InChI=1S/C18H23FN4O2/c1-22(7-8-23-13-20-12-21-23)18(24)10-15-4-5-16(11-17(15)19)25-9-6-14-2-3-14/h4-5,11-14H,2-3,6-10H2,1H3. The highest BCUT2D eigenvalue weighted by atomic mass is 19.1. The average Bonchev–Trinajstić information content (AvgIpc) is 3.27. The molecule has 1 saturated carbocycles. The molecule has 0 unspecified atom stereocenters. The van der Waals surface area contributed by atoms with E-state index in [1.807, 2.05) is 0 Å². The van der Waals surface area contributed by atoms with Gasteiger partial charge in [-0.05, 0) is 24.0 Å². The summed E-state index contributed by atoms with van der Waals surface area (Å²) in [5.41, 5.74) is 0.382. The maximum atomic E-state index is 14.2. The van der Waals surface area contributed by atoms with Gasteiger partial charge in [0, 0.05) is 19.7 Å². The Labute approximate surface area is 146 Å². The Morgan fingerprint density at radius 3 is 2.96 bits per heavy atom. The number of benzene rings is 1. The maximum absolute atomic E-state index is 14.2. The second-order valence-electron chi connectivity index (χ2n) is 6.48. The topological polar surface area (TPSA) is 60.2 Å². The third kappa shape index (κ3) is 5.27. The number of ether oxygens (including phenoxy) is 1. The van der Waals surface area contributed by atoms with Gasteiger partial charge in [-0.25, -0.2) is 9.37 Å². The van der Waals surface area contributed by atoms with Crippen LogP contribution in [0.4, 0.5) is 4.39 Å². The van der Waals surface area contributed by atoms with E-state index in [4.69, 9.17) is 4.74 Å². The number of hydrogen-bond donors (Lipinski definition) is 0. The quantitative estimate of drug-likeness (QED) is 0.699. The minimum Gasteiger partial charge on any atom is -0.493 e. The van der Waals surface area contributed by atoms with Crippen LogP contribution in [-0.2, 0) is 17.8 Å². The van der Waals surface area contributed by atoms with Gasteiger partial charge >= 0.3 is 0 Å². The minimum absolute atomic E-state index is 0.0298. The first-order valence-corrected chi connectivity index (χ1v) is 8.59. The number of likely N-dealkylation sites (N-methyl/N-ethyl adjacent to an activating group) is 1. The fourth-order valence-electron chi connectivity index (χ4n) is 2.53. The molecule has 3 rings (SSSR count). The number of carbonyl (C=O) groups is 1. The van der Waals surface area contributed by atoms with Crippen LogP contribution in [0.5, 0.6) is 5.75 Å². The van der Waals surface area contributed by atoms with Crippen LogP contribution < -0.4 is 4.74 Å². The van der Waals surface area contributed by atoms with E-state index in [1.54, 1.807) is 35.1 Å². The summed E-state index contributed by atoms with van der Waals surface area (Å²) in [7, 11) is 1.70. The van der Waals surface area contributed by atoms with Crippen molar-refractivity contribution < 1.29 is 13.9 Å². The molecule has 1 amide bonds. The number of nitrogens with zero attached hydrogens (tertiary/aromatic N) is 4. The molecule has 0 bridgehead atoms. The van der Waals surface area contributed by atoms with Crippen LogP contribution in [0, 0.1) is 11.7 Å². The molecule has 1 heterocycles. The van der Waals surface area contributed by atoms with E-state index >= 15 is 0 Å². The van der Waals surface area contributed by atoms with Gasteiger partial charge in [0.25, 0.3) is 0 Å². The van der Waals surface area contributed by atoms with Gasteiger partial charge in [0.2, 0.25) is 5.91 Å². The summed E-state index contributed by atoms with van der Waals surface area (Å²) in [4.78, 5) is 17.7. The number of carbonyl (C=O) groups excluding carboxylic acids is 1. The van der Waals surface area contributed by atoms with E-state index in [1.165, 1.54) is 25.2 Å². The van der Waals surface area contributed by atoms with Crippen LogP contribution in [0.3, 0.4) is 0 Å². The Morgan fingerprint density at radius 1 is 1.44 bits per heavy atom. The van der Waals surface area contributed by atoms with Crippen LogP contribution in [0.2, 0.25) is 0 Å². The molecule has 134 valence electrons. The lowest BCUT2D eigenvalue weighted by Gasteiger charge is -2.17. The van der Waals surface area contributed by atoms with Crippen molar-refractivity contribution in [1.82, 2.24) is 19.7 Å². The van der Waals surface area contributed by atoms with Crippen molar-refractivity contribution in [3.05, 3.63) is 42.2 Å². The number of rotatable bonds is 9. The number of hydrogen-bond acceptors (Lipinski definition) is 4. The summed E-state index contributed by atoms with van der Waals surface area (Å²) in [5.74, 6) is 0.770. The minimum atomic E-state index is -0.401. The summed E-state index contributed by atoms with van der Waals surface area (Å²) >= 11 is 0.